The number of hydrogen-bond acceptors (Lipinski definition) is 15. The number of aliphatic hydroxyl groups is 1. The van der Waals surface area contributed by atoms with Gasteiger partial charge in [-0.25, -0.2) is 9.13 Å². The fourth-order valence-corrected chi connectivity index (χ4v) is 14.2. The van der Waals surface area contributed by atoms with Crippen LogP contribution >= 0.6 is 15.6 Å². The first-order chi connectivity index (χ1) is 48.5. The lowest BCUT2D eigenvalue weighted by Crippen LogP contribution is -2.30. The normalized spacial score (nSPS) is 13.8. The Morgan fingerprint density at radius 2 is 0.460 bits per heavy atom. The maximum atomic E-state index is 13.1. The van der Waals surface area contributed by atoms with Crippen LogP contribution < -0.4 is 0 Å². The van der Waals surface area contributed by atoms with Crippen LogP contribution in [0.15, 0.2) is 0 Å². The summed E-state index contributed by atoms with van der Waals surface area (Å²) >= 11 is 0. The van der Waals surface area contributed by atoms with Crippen molar-refractivity contribution in [2.45, 2.75) is 451 Å². The monoisotopic (exact) mass is 1470 g/mol. The number of phosphoric acid groups is 2. The summed E-state index contributed by atoms with van der Waals surface area (Å²) in [5.41, 5.74) is 0. The van der Waals surface area contributed by atoms with E-state index >= 15 is 0 Å². The molecule has 19 heteroatoms. The lowest BCUT2D eigenvalue weighted by Gasteiger charge is -2.21. The van der Waals surface area contributed by atoms with Crippen LogP contribution in [-0.2, 0) is 65.4 Å². The Balaban J connectivity index is 5.11. The van der Waals surface area contributed by atoms with Crippen molar-refractivity contribution >= 4 is 39.5 Å². The van der Waals surface area contributed by atoms with Gasteiger partial charge in [0.2, 0.25) is 0 Å². The Morgan fingerprint density at radius 3 is 0.680 bits per heavy atom. The Bertz CT molecular complexity index is 1910. The van der Waals surface area contributed by atoms with Gasteiger partial charge in [0, 0.05) is 25.7 Å². The highest BCUT2D eigenvalue weighted by molar-refractivity contribution is 7.47. The quantitative estimate of drug-likeness (QED) is 0.0222. The van der Waals surface area contributed by atoms with E-state index in [-0.39, 0.29) is 25.7 Å². The Kier molecular flexibility index (Phi) is 72.5. The van der Waals surface area contributed by atoms with Crippen LogP contribution in [0.25, 0.3) is 0 Å². The topological polar surface area (TPSA) is 237 Å². The lowest BCUT2D eigenvalue weighted by molar-refractivity contribution is -0.161. The summed E-state index contributed by atoms with van der Waals surface area (Å²) in [5.74, 6) is -1.30. The lowest BCUT2D eigenvalue weighted by atomic mass is 10.0. The second-order valence-corrected chi connectivity index (χ2v) is 32.5. The maximum Gasteiger partial charge on any atom is 0.472 e. The first kappa shape index (κ1) is 98.1. The van der Waals surface area contributed by atoms with Gasteiger partial charge >= 0.3 is 39.5 Å². The van der Waals surface area contributed by atoms with Crippen molar-refractivity contribution in [2.75, 3.05) is 39.6 Å². The number of ether oxygens (including phenoxy) is 4. The van der Waals surface area contributed by atoms with Crippen LogP contribution in [0.1, 0.15) is 433 Å². The van der Waals surface area contributed by atoms with E-state index < -0.39 is 97.5 Å². The van der Waals surface area contributed by atoms with Crippen molar-refractivity contribution in [3.8, 4) is 0 Å². The molecule has 0 amide bonds. The minimum atomic E-state index is -4.96. The molecule has 0 aromatic carbocycles. The molecular weight excluding hydrogens is 1310 g/mol. The number of rotatable bonds is 81. The van der Waals surface area contributed by atoms with E-state index in [4.69, 9.17) is 37.0 Å². The third-order valence-electron chi connectivity index (χ3n) is 19.0. The van der Waals surface area contributed by atoms with Gasteiger partial charge in [-0.3, -0.25) is 37.3 Å². The second-order valence-electron chi connectivity index (χ2n) is 29.6. The van der Waals surface area contributed by atoms with Gasteiger partial charge in [-0.15, -0.1) is 0 Å². The largest absolute Gasteiger partial charge is 0.472 e. The van der Waals surface area contributed by atoms with Gasteiger partial charge in [-0.1, -0.05) is 381 Å². The fourth-order valence-electron chi connectivity index (χ4n) is 12.6. The molecular formula is C81H158O17P2. The molecule has 0 heterocycles. The summed E-state index contributed by atoms with van der Waals surface area (Å²) in [4.78, 5) is 72.7. The molecule has 0 radical (unpaired) electrons. The molecule has 0 saturated carbocycles. The van der Waals surface area contributed by atoms with Crippen molar-refractivity contribution in [3.63, 3.8) is 0 Å². The molecule has 0 aliphatic heterocycles. The van der Waals surface area contributed by atoms with Gasteiger partial charge < -0.3 is 33.8 Å². The number of carbonyl (C=O) groups is 4. The average Bonchev–Trinajstić information content (AvgIpc) is 1.00. The number of aliphatic hydroxyl groups excluding tert-OH is 1. The molecule has 0 saturated heterocycles. The summed E-state index contributed by atoms with van der Waals surface area (Å²) in [5, 5.41) is 10.6. The van der Waals surface area contributed by atoms with Crippen molar-refractivity contribution < 1.29 is 80.2 Å². The maximum absolute atomic E-state index is 13.1. The van der Waals surface area contributed by atoms with E-state index in [1.807, 2.05) is 0 Å². The summed E-state index contributed by atoms with van der Waals surface area (Å²) in [6, 6.07) is 0. The molecule has 5 atom stereocenters. The fraction of sp³-hybridized carbons (Fsp3) is 0.951. The molecule has 100 heavy (non-hydrogen) atoms. The van der Waals surface area contributed by atoms with Crippen LogP contribution in [0.5, 0.6) is 0 Å². The van der Waals surface area contributed by atoms with Crippen LogP contribution in [0, 0.1) is 5.92 Å². The van der Waals surface area contributed by atoms with Crippen LogP contribution in [0.4, 0.5) is 0 Å². The first-order valence-electron chi connectivity index (χ1n) is 42.1. The smallest absolute Gasteiger partial charge is 0.462 e. The minimum Gasteiger partial charge on any atom is -0.462 e. The molecule has 0 bridgehead atoms. The summed E-state index contributed by atoms with van der Waals surface area (Å²) in [6.07, 6.45) is 65.8. The van der Waals surface area contributed by atoms with Gasteiger partial charge in [0.15, 0.2) is 12.2 Å². The summed E-state index contributed by atoms with van der Waals surface area (Å²) in [7, 11) is -9.91. The van der Waals surface area contributed by atoms with E-state index in [1.54, 1.807) is 0 Å². The Labute approximate surface area is 613 Å². The van der Waals surface area contributed by atoms with Crippen molar-refractivity contribution in [2.24, 2.45) is 5.92 Å². The van der Waals surface area contributed by atoms with Gasteiger partial charge in [-0.2, -0.15) is 0 Å². The molecule has 0 aromatic heterocycles. The molecule has 2 unspecified atom stereocenters. The summed E-state index contributed by atoms with van der Waals surface area (Å²) in [6.45, 7) is 7.27. The standard InChI is InChI=1S/C81H158O17P2/c1-6-9-12-15-17-19-21-23-25-26-27-28-32-35-39-42-46-50-55-60-65-79(84)92-71-77(98-81(86)67-62-57-52-48-44-40-36-33-30-29-31-34-37-41-45-49-54-58-63-74(4)5)73-96-100(89,90)94-69-75(82)68-93-99(87,88)95-72-76(70-91-78(83)64-59-53-14-11-8-3)97-80(85)66-61-56-51-47-43-38-24-22-20-18-16-13-10-7-2/h74-77,82H,6-73H2,1-5H3,(H,87,88)(H,89,90)/t75-,76+,77+/m0/s1. The van der Waals surface area contributed by atoms with Crippen LogP contribution in [0.3, 0.4) is 0 Å². The molecule has 0 rings (SSSR count). The van der Waals surface area contributed by atoms with Gasteiger partial charge in [0.25, 0.3) is 0 Å². The number of hydrogen-bond donors (Lipinski definition) is 3. The molecule has 3 N–H and O–H groups in total. The van der Waals surface area contributed by atoms with Crippen LogP contribution in [0.2, 0.25) is 0 Å². The number of carbonyl (C=O) groups excluding carboxylic acids is 4. The Hall–Kier alpha value is -1.94. The highest BCUT2D eigenvalue weighted by Gasteiger charge is 2.30. The average molecular weight is 1470 g/mol. The van der Waals surface area contributed by atoms with E-state index in [9.17, 15) is 43.2 Å². The van der Waals surface area contributed by atoms with Gasteiger partial charge in [-0.05, 0) is 31.6 Å². The van der Waals surface area contributed by atoms with E-state index in [2.05, 4.69) is 34.6 Å². The molecule has 0 fully saturated rings. The van der Waals surface area contributed by atoms with Gasteiger partial charge in [0.1, 0.15) is 19.3 Å². The molecule has 0 spiro atoms. The summed E-state index contributed by atoms with van der Waals surface area (Å²) < 4.78 is 68.5. The molecule has 594 valence electrons. The third kappa shape index (κ3) is 74.3. The highest BCUT2D eigenvalue weighted by Crippen LogP contribution is 2.45. The van der Waals surface area contributed by atoms with Crippen molar-refractivity contribution in [1.82, 2.24) is 0 Å². The zero-order valence-corrected chi connectivity index (χ0v) is 67.1. The number of unbranched alkanes of at least 4 members (excludes halogenated alkanes) is 53. The molecule has 0 aliphatic rings. The van der Waals surface area contributed by atoms with E-state index in [0.29, 0.717) is 25.7 Å². The van der Waals surface area contributed by atoms with Crippen molar-refractivity contribution in [1.29, 1.82) is 0 Å². The SMILES string of the molecule is CCCCCCCCCCCCCCCCCCCCCCC(=O)OC[C@H](COP(=O)(O)OC[C@@H](O)COP(=O)(O)OC[C@@H](COC(=O)CCCCCCC)OC(=O)CCCCCCCCCCCCCCCC)OC(=O)CCCCCCCCCCCCCCCCCCCCC(C)C. The first-order valence-corrected chi connectivity index (χ1v) is 45.1. The van der Waals surface area contributed by atoms with Crippen molar-refractivity contribution in [3.05, 3.63) is 0 Å². The van der Waals surface area contributed by atoms with Gasteiger partial charge in [0.05, 0.1) is 26.4 Å². The second kappa shape index (κ2) is 73.9. The zero-order chi connectivity index (χ0) is 73.4. The van der Waals surface area contributed by atoms with E-state index in [1.165, 1.54) is 250 Å². The Morgan fingerprint density at radius 1 is 0.270 bits per heavy atom. The molecule has 0 aromatic rings. The predicted molar refractivity (Wildman–Crippen MR) is 409 cm³/mol. The van der Waals surface area contributed by atoms with E-state index in [0.717, 1.165) is 102 Å². The number of phosphoric ester groups is 2. The predicted octanol–water partition coefficient (Wildman–Crippen LogP) is 24.4. The van der Waals surface area contributed by atoms with Crippen LogP contribution in [-0.4, -0.2) is 96.7 Å². The highest BCUT2D eigenvalue weighted by atomic mass is 31.2. The molecule has 0 aliphatic carbocycles. The number of esters is 4. The minimum absolute atomic E-state index is 0.107. The third-order valence-corrected chi connectivity index (χ3v) is 20.9. The molecule has 17 nitrogen and oxygen atoms in total. The zero-order valence-electron chi connectivity index (χ0n) is 65.3.